The summed E-state index contributed by atoms with van der Waals surface area (Å²) in [5.41, 5.74) is -2.89. The number of hydrogen-bond acceptors (Lipinski definition) is 7. The number of ketones is 1. The van der Waals surface area contributed by atoms with E-state index in [0.29, 0.717) is 24.5 Å². The van der Waals surface area contributed by atoms with E-state index in [9.17, 15) is 40.3 Å². The second-order valence-electron chi connectivity index (χ2n) is 10.7. The summed E-state index contributed by atoms with van der Waals surface area (Å²) >= 11 is 0. The Morgan fingerprint density at radius 2 is 1.52 bits per heavy atom. The van der Waals surface area contributed by atoms with Crippen LogP contribution >= 0.6 is 0 Å². The van der Waals surface area contributed by atoms with Gasteiger partial charge in [-0.05, 0) is 43.0 Å². The van der Waals surface area contributed by atoms with E-state index in [1.807, 2.05) is 4.90 Å². The number of pyridine rings is 1. The van der Waals surface area contributed by atoms with Crippen molar-refractivity contribution < 1.29 is 44.7 Å². The van der Waals surface area contributed by atoms with Crippen LogP contribution in [0.25, 0.3) is 0 Å². The Morgan fingerprint density at radius 1 is 0.818 bits per heavy atom. The van der Waals surface area contributed by atoms with Crippen molar-refractivity contribution in [1.82, 2.24) is 14.9 Å². The molecule has 0 N–H and O–H groups in total. The van der Waals surface area contributed by atoms with Gasteiger partial charge in [0.05, 0.1) is 12.0 Å². The molecule has 0 bridgehead atoms. The maximum absolute atomic E-state index is 14.2. The molecule has 44 heavy (non-hydrogen) atoms. The highest BCUT2D eigenvalue weighted by molar-refractivity contribution is 5.96. The Labute approximate surface area is 247 Å². The van der Waals surface area contributed by atoms with E-state index in [0.717, 1.165) is 37.5 Å². The summed E-state index contributed by atoms with van der Waals surface area (Å²) in [6, 6.07) is 5.47. The van der Waals surface area contributed by atoms with Crippen molar-refractivity contribution in [3.8, 4) is 0 Å². The van der Waals surface area contributed by atoms with Gasteiger partial charge in [-0.3, -0.25) is 9.59 Å². The predicted octanol–water partition coefficient (Wildman–Crippen LogP) is 5.55. The zero-order valence-electron chi connectivity index (χ0n) is 23.3. The number of hydrogen-bond donors (Lipinski definition) is 0. The van der Waals surface area contributed by atoms with Gasteiger partial charge in [-0.1, -0.05) is 12.1 Å². The average molecular weight is 628 g/mol. The first-order chi connectivity index (χ1) is 20.8. The van der Waals surface area contributed by atoms with Crippen molar-refractivity contribution in [3.63, 3.8) is 0 Å². The summed E-state index contributed by atoms with van der Waals surface area (Å²) in [4.78, 5) is 38.3. The highest BCUT2D eigenvalue weighted by Gasteiger charge is 2.42. The van der Waals surface area contributed by atoms with Crippen LogP contribution < -0.4 is 9.80 Å². The van der Waals surface area contributed by atoms with E-state index in [4.69, 9.17) is 4.42 Å². The standard InChI is InChI=1S/C29H28F7N5O3/c30-21-6-4-5-20(28(31,32)33)19(21)16-24(43)40-13-11-39(12-14-40)23-8-7-18(17-37-23)15-22(42)25-26(29(34,35)36)38-27(44-25)41-9-2-1-3-10-41/h4-8,17H,1-3,9-16H2. The summed E-state index contributed by atoms with van der Waals surface area (Å²) in [5, 5.41) is 0. The molecule has 2 aromatic heterocycles. The van der Waals surface area contributed by atoms with E-state index in [-0.39, 0.29) is 32.2 Å². The van der Waals surface area contributed by atoms with Crippen LogP contribution in [0.2, 0.25) is 0 Å². The number of aromatic nitrogens is 2. The highest BCUT2D eigenvalue weighted by atomic mass is 19.4. The lowest BCUT2D eigenvalue weighted by Gasteiger charge is -2.35. The molecule has 1 amide bonds. The van der Waals surface area contributed by atoms with E-state index in [1.54, 1.807) is 17.0 Å². The minimum atomic E-state index is -4.87. The second-order valence-corrected chi connectivity index (χ2v) is 10.7. The Morgan fingerprint density at radius 3 is 2.14 bits per heavy atom. The first-order valence-corrected chi connectivity index (χ1v) is 14.0. The summed E-state index contributed by atoms with van der Waals surface area (Å²) < 4.78 is 100. The monoisotopic (exact) mass is 627 g/mol. The summed E-state index contributed by atoms with van der Waals surface area (Å²) in [5.74, 6) is -3.00. The van der Waals surface area contributed by atoms with Crippen LogP contribution in [-0.4, -0.2) is 65.8 Å². The second kappa shape index (κ2) is 12.4. The van der Waals surface area contributed by atoms with Crippen LogP contribution in [0.3, 0.4) is 0 Å². The Balaban J connectivity index is 1.19. The van der Waals surface area contributed by atoms with Crippen LogP contribution in [-0.2, 0) is 30.0 Å². The van der Waals surface area contributed by atoms with Gasteiger partial charge in [-0.15, -0.1) is 0 Å². The van der Waals surface area contributed by atoms with Crippen molar-refractivity contribution in [3.05, 3.63) is 70.5 Å². The van der Waals surface area contributed by atoms with Gasteiger partial charge >= 0.3 is 12.4 Å². The summed E-state index contributed by atoms with van der Waals surface area (Å²) in [6.45, 7) is 1.86. The van der Waals surface area contributed by atoms with Crippen molar-refractivity contribution in [2.45, 2.75) is 44.5 Å². The fraction of sp³-hybridized carbons (Fsp3) is 0.448. The molecule has 0 spiro atoms. The third-order valence-corrected chi connectivity index (χ3v) is 7.65. The Hall–Kier alpha value is -4.17. The largest absolute Gasteiger partial charge is 0.437 e. The number of alkyl halides is 6. The molecule has 15 heteroatoms. The third-order valence-electron chi connectivity index (χ3n) is 7.65. The van der Waals surface area contributed by atoms with Gasteiger partial charge in [0.25, 0.3) is 6.01 Å². The number of halogens is 7. The number of rotatable bonds is 7. The van der Waals surface area contributed by atoms with Crippen LogP contribution in [0, 0.1) is 5.82 Å². The average Bonchev–Trinajstić information content (AvgIpc) is 3.46. The quantitative estimate of drug-likeness (QED) is 0.251. The molecule has 0 radical (unpaired) electrons. The first-order valence-electron chi connectivity index (χ1n) is 14.0. The van der Waals surface area contributed by atoms with Gasteiger partial charge in [0.2, 0.25) is 17.5 Å². The molecule has 1 aromatic carbocycles. The number of piperidine rings is 1. The van der Waals surface area contributed by atoms with Crippen molar-refractivity contribution in [1.29, 1.82) is 0 Å². The molecule has 4 heterocycles. The molecule has 0 atom stereocenters. The normalized spacial score (nSPS) is 16.4. The SMILES string of the molecule is O=C(Cc1ccc(N2CCN(C(=O)Cc3c(F)cccc3C(F)(F)F)CC2)nc1)c1oc(N2CCCCC2)nc1C(F)(F)F. The Bertz CT molecular complexity index is 1490. The zero-order chi connectivity index (χ0) is 31.6. The molecule has 3 aromatic rings. The van der Waals surface area contributed by atoms with Crippen LogP contribution in [0.1, 0.15) is 52.2 Å². The van der Waals surface area contributed by atoms with E-state index in [2.05, 4.69) is 9.97 Å². The molecule has 5 rings (SSSR count). The van der Waals surface area contributed by atoms with Crippen molar-refractivity contribution >= 4 is 23.5 Å². The fourth-order valence-electron chi connectivity index (χ4n) is 5.34. The van der Waals surface area contributed by atoms with Crippen LogP contribution in [0.5, 0.6) is 0 Å². The molecule has 0 saturated carbocycles. The third kappa shape index (κ3) is 6.97. The van der Waals surface area contributed by atoms with Crippen molar-refractivity contribution in [2.24, 2.45) is 0 Å². The summed E-state index contributed by atoms with van der Waals surface area (Å²) in [6.07, 6.45) is -6.93. The van der Waals surface area contributed by atoms with Gasteiger partial charge in [0.1, 0.15) is 11.6 Å². The Kier molecular flexibility index (Phi) is 8.84. The van der Waals surface area contributed by atoms with Gasteiger partial charge < -0.3 is 19.1 Å². The number of Topliss-reactive ketones (excluding diaryl/α,β-unsaturated/α-hetero) is 1. The van der Waals surface area contributed by atoms with E-state index < -0.39 is 65.3 Å². The van der Waals surface area contributed by atoms with E-state index >= 15 is 0 Å². The van der Waals surface area contributed by atoms with E-state index in [1.165, 1.54) is 11.1 Å². The predicted molar refractivity (Wildman–Crippen MR) is 144 cm³/mol. The number of carbonyl (C=O) groups is 2. The highest BCUT2D eigenvalue weighted by Crippen LogP contribution is 2.36. The van der Waals surface area contributed by atoms with Gasteiger partial charge in [-0.25, -0.2) is 9.37 Å². The molecule has 0 unspecified atom stereocenters. The minimum absolute atomic E-state index is 0.154. The molecule has 2 aliphatic heterocycles. The van der Waals surface area contributed by atoms with Crippen LogP contribution in [0.15, 0.2) is 40.9 Å². The molecule has 2 aliphatic rings. The number of anilines is 2. The number of oxazole rings is 1. The number of amides is 1. The molecule has 236 valence electrons. The number of carbonyl (C=O) groups excluding carboxylic acids is 2. The molecule has 2 saturated heterocycles. The molecule has 8 nitrogen and oxygen atoms in total. The number of piperazine rings is 1. The van der Waals surface area contributed by atoms with Crippen LogP contribution in [0.4, 0.5) is 42.6 Å². The molecule has 2 fully saturated rings. The zero-order valence-corrected chi connectivity index (χ0v) is 23.3. The van der Waals surface area contributed by atoms with Gasteiger partial charge in [0, 0.05) is 57.4 Å². The topological polar surface area (TPSA) is 82.8 Å². The lowest BCUT2D eigenvalue weighted by Crippen LogP contribution is -2.49. The smallest absolute Gasteiger partial charge is 0.420 e. The first kappa shape index (κ1) is 31.3. The minimum Gasteiger partial charge on any atom is -0.420 e. The lowest BCUT2D eigenvalue weighted by molar-refractivity contribution is -0.141. The maximum Gasteiger partial charge on any atom is 0.437 e. The number of benzene rings is 1. The van der Waals surface area contributed by atoms with Gasteiger partial charge in [0.15, 0.2) is 5.69 Å². The molecular formula is C29H28F7N5O3. The summed E-state index contributed by atoms with van der Waals surface area (Å²) in [7, 11) is 0. The van der Waals surface area contributed by atoms with Crippen molar-refractivity contribution in [2.75, 3.05) is 49.1 Å². The number of nitrogens with zero attached hydrogens (tertiary/aromatic N) is 5. The van der Waals surface area contributed by atoms with Gasteiger partial charge in [-0.2, -0.15) is 31.3 Å². The molecule has 0 aliphatic carbocycles. The fourth-order valence-corrected chi connectivity index (χ4v) is 5.34. The maximum atomic E-state index is 14.2. The lowest BCUT2D eigenvalue weighted by atomic mass is 10.0. The molecular weight excluding hydrogens is 599 g/mol.